The third-order valence-electron chi connectivity index (χ3n) is 4.17. The van der Waals surface area contributed by atoms with Crippen LogP contribution in [0.1, 0.15) is 31.4 Å². The first-order chi connectivity index (χ1) is 10.4. The van der Waals surface area contributed by atoms with Crippen LogP contribution in [0.15, 0.2) is 41.0 Å². The Labute approximate surface area is 125 Å². The van der Waals surface area contributed by atoms with Gasteiger partial charge >= 0.3 is 0 Å². The van der Waals surface area contributed by atoms with Crippen LogP contribution in [0, 0.1) is 0 Å². The number of aliphatic hydroxyl groups excluding tert-OH is 1. The lowest BCUT2D eigenvalue weighted by Gasteiger charge is -2.26. The Bertz CT molecular complexity index is 547. The lowest BCUT2D eigenvalue weighted by atomic mass is 10.2. The molecule has 3 rings (SSSR count). The molecule has 1 fully saturated rings. The first-order valence-electron chi connectivity index (χ1n) is 7.71. The van der Waals surface area contributed by atoms with Crippen molar-refractivity contribution >= 4 is 0 Å². The van der Waals surface area contributed by atoms with Crippen molar-refractivity contribution in [2.24, 2.45) is 0 Å². The van der Waals surface area contributed by atoms with Gasteiger partial charge in [0.05, 0.1) is 12.3 Å². The van der Waals surface area contributed by atoms with E-state index in [2.05, 4.69) is 9.88 Å². The van der Waals surface area contributed by atoms with Gasteiger partial charge in [0.25, 0.3) is 0 Å². The third kappa shape index (κ3) is 3.52. The molecule has 21 heavy (non-hydrogen) atoms. The van der Waals surface area contributed by atoms with Crippen molar-refractivity contribution in [2.45, 2.75) is 38.3 Å². The van der Waals surface area contributed by atoms with Crippen LogP contribution in [0.25, 0.3) is 11.5 Å². The molecule has 0 radical (unpaired) electrons. The fraction of sp³-hybridized carbons (Fsp3) is 0.471. The van der Waals surface area contributed by atoms with Crippen molar-refractivity contribution in [3.8, 4) is 11.5 Å². The molecule has 1 aliphatic rings. The van der Waals surface area contributed by atoms with E-state index in [1.807, 2.05) is 30.3 Å². The molecular formula is C17H22N2O2. The molecule has 0 unspecified atom stereocenters. The second-order valence-electron chi connectivity index (χ2n) is 5.64. The summed E-state index contributed by atoms with van der Waals surface area (Å²) < 4.78 is 5.59. The number of aliphatic hydroxyl groups is 1. The van der Waals surface area contributed by atoms with Crippen LogP contribution in [-0.2, 0) is 6.54 Å². The van der Waals surface area contributed by atoms with Crippen molar-refractivity contribution in [3.05, 3.63) is 42.3 Å². The molecule has 0 atom stereocenters. The Balaban J connectivity index is 1.70. The molecule has 4 heteroatoms. The molecule has 1 saturated carbocycles. The molecule has 4 nitrogen and oxygen atoms in total. The lowest BCUT2D eigenvalue weighted by Crippen LogP contribution is -2.35. The topological polar surface area (TPSA) is 49.5 Å². The summed E-state index contributed by atoms with van der Waals surface area (Å²) in [6.45, 7) is 1.65. The van der Waals surface area contributed by atoms with E-state index >= 15 is 0 Å². The van der Waals surface area contributed by atoms with Crippen LogP contribution in [0.5, 0.6) is 0 Å². The predicted octanol–water partition coefficient (Wildman–Crippen LogP) is 3.08. The zero-order valence-corrected chi connectivity index (χ0v) is 12.2. The largest absolute Gasteiger partial charge is 0.444 e. The highest BCUT2D eigenvalue weighted by Crippen LogP contribution is 2.25. The molecule has 0 amide bonds. The van der Waals surface area contributed by atoms with Crippen LogP contribution in [-0.4, -0.2) is 34.2 Å². The van der Waals surface area contributed by atoms with Gasteiger partial charge in [0, 0.05) is 24.7 Å². The van der Waals surface area contributed by atoms with Gasteiger partial charge in [-0.3, -0.25) is 4.90 Å². The lowest BCUT2D eigenvalue weighted by molar-refractivity contribution is 0.143. The van der Waals surface area contributed by atoms with Crippen molar-refractivity contribution in [1.82, 2.24) is 9.88 Å². The number of benzene rings is 1. The van der Waals surface area contributed by atoms with Gasteiger partial charge < -0.3 is 9.52 Å². The van der Waals surface area contributed by atoms with Crippen LogP contribution in [0.4, 0.5) is 0 Å². The summed E-state index contributed by atoms with van der Waals surface area (Å²) in [5.74, 6) is 0.668. The number of hydrogen-bond acceptors (Lipinski definition) is 4. The van der Waals surface area contributed by atoms with E-state index in [0.717, 1.165) is 17.8 Å². The molecule has 0 bridgehead atoms. The number of oxazole rings is 1. The van der Waals surface area contributed by atoms with E-state index in [1.54, 1.807) is 6.26 Å². The Kier molecular flexibility index (Phi) is 4.68. The van der Waals surface area contributed by atoms with E-state index in [-0.39, 0.29) is 6.61 Å². The molecule has 1 N–H and O–H groups in total. The summed E-state index contributed by atoms with van der Waals surface area (Å²) in [6, 6.07) is 10.5. The Hall–Kier alpha value is -1.65. The second-order valence-corrected chi connectivity index (χ2v) is 5.64. The summed E-state index contributed by atoms with van der Waals surface area (Å²) in [5.41, 5.74) is 1.94. The smallest absolute Gasteiger partial charge is 0.226 e. The Morgan fingerprint density at radius 2 is 1.95 bits per heavy atom. The standard InChI is InChI=1S/C17H22N2O2/c20-11-10-19(16-8-4-5-9-16)12-15-13-21-17(18-15)14-6-2-1-3-7-14/h1-3,6-7,13,16,20H,4-5,8-12H2. The Morgan fingerprint density at radius 1 is 1.19 bits per heavy atom. The summed E-state index contributed by atoms with van der Waals surface area (Å²) in [6.07, 6.45) is 6.77. The van der Waals surface area contributed by atoms with Crippen LogP contribution in [0.3, 0.4) is 0 Å². The van der Waals surface area contributed by atoms with Crippen molar-refractivity contribution in [1.29, 1.82) is 0 Å². The zero-order valence-electron chi connectivity index (χ0n) is 12.2. The Morgan fingerprint density at radius 3 is 2.67 bits per heavy atom. The van der Waals surface area contributed by atoms with E-state index in [9.17, 15) is 5.11 Å². The van der Waals surface area contributed by atoms with Gasteiger partial charge in [0.2, 0.25) is 5.89 Å². The fourth-order valence-corrected chi connectivity index (χ4v) is 3.09. The molecule has 1 heterocycles. The number of nitrogens with zero attached hydrogens (tertiary/aromatic N) is 2. The van der Waals surface area contributed by atoms with Crippen LogP contribution in [0.2, 0.25) is 0 Å². The number of hydrogen-bond donors (Lipinski definition) is 1. The van der Waals surface area contributed by atoms with Crippen molar-refractivity contribution in [3.63, 3.8) is 0 Å². The molecule has 0 spiro atoms. The normalized spacial score (nSPS) is 15.9. The average molecular weight is 286 g/mol. The minimum Gasteiger partial charge on any atom is -0.444 e. The van der Waals surface area contributed by atoms with Gasteiger partial charge in [-0.05, 0) is 25.0 Å². The van der Waals surface area contributed by atoms with Crippen molar-refractivity contribution in [2.75, 3.05) is 13.2 Å². The van der Waals surface area contributed by atoms with Gasteiger partial charge in [-0.1, -0.05) is 31.0 Å². The molecule has 112 valence electrons. The van der Waals surface area contributed by atoms with Gasteiger partial charge in [-0.25, -0.2) is 4.98 Å². The molecular weight excluding hydrogens is 264 g/mol. The van der Waals surface area contributed by atoms with E-state index < -0.39 is 0 Å². The fourth-order valence-electron chi connectivity index (χ4n) is 3.09. The maximum absolute atomic E-state index is 9.27. The highest BCUT2D eigenvalue weighted by Gasteiger charge is 2.23. The van der Waals surface area contributed by atoms with E-state index in [4.69, 9.17) is 4.42 Å². The van der Waals surface area contributed by atoms with Crippen LogP contribution >= 0.6 is 0 Å². The number of aromatic nitrogens is 1. The quantitative estimate of drug-likeness (QED) is 0.886. The van der Waals surface area contributed by atoms with Gasteiger partial charge in [0.1, 0.15) is 6.26 Å². The molecule has 2 aromatic rings. The maximum Gasteiger partial charge on any atom is 0.226 e. The first-order valence-corrected chi connectivity index (χ1v) is 7.71. The van der Waals surface area contributed by atoms with E-state index in [1.165, 1.54) is 25.7 Å². The maximum atomic E-state index is 9.27. The predicted molar refractivity (Wildman–Crippen MR) is 81.7 cm³/mol. The number of rotatable bonds is 6. The molecule has 1 aromatic carbocycles. The average Bonchev–Trinajstić information content (AvgIpc) is 3.19. The summed E-state index contributed by atoms with van der Waals surface area (Å²) in [4.78, 5) is 6.92. The summed E-state index contributed by atoms with van der Waals surface area (Å²) >= 11 is 0. The van der Waals surface area contributed by atoms with E-state index in [0.29, 0.717) is 18.5 Å². The first kappa shape index (κ1) is 14.3. The minimum atomic E-state index is 0.194. The summed E-state index contributed by atoms with van der Waals surface area (Å²) in [5, 5.41) is 9.27. The van der Waals surface area contributed by atoms with Gasteiger partial charge in [-0.2, -0.15) is 0 Å². The second kappa shape index (κ2) is 6.87. The minimum absolute atomic E-state index is 0.194. The zero-order chi connectivity index (χ0) is 14.5. The summed E-state index contributed by atoms with van der Waals surface area (Å²) in [7, 11) is 0. The van der Waals surface area contributed by atoms with Gasteiger partial charge in [-0.15, -0.1) is 0 Å². The molecule has 0 aliphatic heterocycles. The third-order valence-corrected chi connectivity index (χ3v) is 4.17. The highest BCUT2D eigenvalue weighted by molar-refractivity contribution is 5.52. The van der Waals surface area contributed by atoms with Crippen LogP contribution < -0.4 is 0 Å². The monoisotopic (exact) mass is 286 g/mol. The SMILES string of the molecule is OCCN(Cc1coc(-c2ccccc2)n1)C1CCCC1. The molecule has 0 saturated heterocycles. The molecule has 1 aliphatic carbocycles. The highest BCUT2D eigenvalue weighted by atomic mass is 16.3. The van der Waals surface area contributed by atoms with Crippen molar-refractivity contribution < 1.29 is 9.52 Å². The van der Waals surface area contributed by atoms with Gasteiger partial charge in [0.15, 0.2) is 0 Å². The molecule has 1 aromatic heterocycles.